The number of benzene rings is 1. The molecule has 0 aliphatic heterocycles. The van der Waals surface area contributed by atoms with Gasteiger partial charge in [-0.1, -0.05) is 54.2 Å². The maximum atomic E-state index is 5.36. The third-order valence-corrected chi connectivity index (χ3v) is 4.75. The van der Waals surface area contributed by atoms with Crippen LogP contribution in [0.15, 0.2) is 46.2 Å². The van der Waals surface area contributed by atoms with E-state index < -0.39 is 0 Å². The summed E-state index contributed by atoms with van der Waals surface area (Å²) >= 11 is 1.63. The standard InChI is InChI=1S/C17H20N4OS/c1-4-8-15-19-16(22-20-15)12(2)23-17-18-11-14(21(17)3)13-9-6-5-7-10-13/h5-7,9-12H,4,8H2,1-3H3/t12-/m0/s1. The van der Waals surface area contributed by atoms with Crippen molar-refractivity contribution in [2.24, 2.45) is 7.05 Å². The fourth-order valence-corrected chi connectivity index (χ4v) is 3.23. The Labute approximate surface area is 140 Å². The predicted octanol–water partition coefficient (Wildman–Crippen LogP) is 4.28. The Morgan fingerprint density at radius 1 is 1.26 bits per heavy atom. The molecule has 0 saturated carbocycles. The van der Waals surface area contributed by atoms with E-state index >= 15 is 0 Å². The van der Waals surface area contributed by atoms with Gasteiger partial charge in [0.15, 0.2) is 11.0 Å². The normalized spacial score (nSPS) is 12.5. The van der Waals surface area contributed by atoms with Crippen LogP contribution in [-0.2, 0) is 13.5 Å². The van der Waals surface area contributed by atoms with E-state index in [0.717, 1.165) is 35.1 Å². The molecule has 6 heteroatoms. The summed E-state index contributed by atoms with van der Waals surface area (Å²) in [5.74, 6) is 1.43. The minimum atomic E-state index is 0.0674. The van der Waals surface area contributed by atoms with Crippen LogP contribution in [-0.4, -0.2) is 19.7 Å². The molecule has 0 amide bonds. The van der Waals surface area contributed by atoms with E-state index in [1.54, 1.807) is 11.8 Å². The van der Waals surface area contributed by atoms with Gasteiger partial charge in [0.05, 0.1) is 17.1 Å². The summed E-state index contributed by atoms with van der Waals surface area (Å²) in [6.45, 7) is 4.16. The lowest BCUT2D eigenvalue weighted by atomic mass is 10.2. The van der Waals surface area contributed by atoms with Crippen molar-refractivity contribution in [3.8, 4) is 11.3 Å². The predicted molar refractivity (Wildman–Crippen MR) is 91.2 cm³/mol. The molecule has 2 heterocycles. The van der Waals surface area contributed by atoms with E-state index in [2.05, 4.69) is 45.7 Å². The van der Waals surface area contributed by atoms with E-state index in [4.69, 9.17) is 4.52 Å². The van der Waals surface area contributed by atoms with Gasteiger partial charge in [0, 0.05) is 13.5 Å². The maximum Gasteiger partial charge on any atom is 0.239 e. The van der Waals surface area contributed by atoms with Crippen molar-refractivity contribution in [3.05, 3.63) is 48.2 Å². The van der Waals surface area contributed by atoms with E-state index in [9.17, 15) is 0 Å². The summed E-state index contributed by atoms with van der Waals surface area (Å²) in [6, 6.07) is 10.3. The van der Waals surface area contributed by atoms with Crippen LogP contribution in [0.4, 0.5) is 0 Å². The SMILES string of the molecule is CCCc1noc([C@H](C)Sc2ncc(-c3ccccc3)n2C)n1. The molecule has 0 spiro atoms. The van der Waals surface area contributed by atoms with Gasteiger partial charge in [-0.3, -0.25) is 0 Å². The van der Waals surface area contributed by atoms with Crippen molar-refractivity contribution in [1.82, 2.24) is 19.7 Å². The van der Waals surface area contributed by atoms with Crippen LogP contribution in [0.3, 0.4) is 0 Å². The maximum absolute atomic E-state index is 5.36. The van der Waals surface area contributed by atoms with Crippen molar-refractivity contribution in [3.63, 3.8) is 0 Å². The first-order chi connectivity index (χ1) is 11.2. The number of imidazole rings is 1. The molecule has 3 rings (SSSR count). The lowest BCUT2D eigenvalue weighted by Gasteiger charge is -2.08. The van der Waals surface area contributed by atoms with Gasteiger partial charge in [-0.25, -0.2) is 4.98 Å². The Morgan fingerprint density at radius 3 is 2.78 bits per heavy atom. The Hall–Kier alpha value is -2.08. The summed E-state index contributed by atoms with van der Waals surface area (Å²) in [6.07, 6.45) is 3.77. The molecule has 23 heavy (non-hydrogen) atoms. The zero-order valence-corrected chi connectivity index (χ0v) is 14.4. The van der Waals surface area contributed by atoms with Crippen LogP contribution < -0.4 is 0 Å². The Bertz CT molecular complexity index is 766. The molecule has 0 radical (unpaired) electrons. The zero-order chi connectivity index (χ0) is 16.2. The second kappa shape index (κ2) is 7.00. The van der Waals surface area contributed by atoms with Crippen molar-refractivity contribution in [2.75, 3.05) is 0 Å². The van der Waals surface area contributed by atoms with Gasteiger partial charge in [0.1, 0.15) is 0 Å². The smallest absolute Gasteiger partial charge is 0.239 e. The molecular weight excluding hydrogens is 308 g/mol. The van der Waals surface area contributed by atoms with Crippen LogP contribution >= 0.6 is 11.8 Å². The molecule has 0 aliphatic rings. The first-order valence-corrected chi connectivity index (χ1v) is 8.63. The largest absolute Gasteiger partial charge is 0.338 e. The fraction of sp³-hybridized carbons (Fsp3) is 0.353. The first kappa shape index (κ1) is 15.8. The lowest BCUT2D eigenvalue weighted by molar-refractivity contribution is 0.374. The van der Waals surface area contributed by atoms with E-state index in [1.165, 1.54) is 0 Å². The number of thioether (sulfide) groups is 1. The van der Waals surface area contributed by atoms with Crippen molar-refractivity contribution in [1.29, 1.82) is 0 Å². The van der Waals surface area contributed by atoms with Crippen LogP contribution in [0.2, 0.25) is 0 Å². The fourth-order valence-electron chi connectivity index (χ4n) is 2.35. The Balaban J connectivity index is 1.76. The number of aromatic nitrogens is 4. The topological polar surface area (TPSA) is 56.7 Å². The number of hydrogen-bond acceptors (Lipinski definition) is 5. The highest BCUT2D eigenvalue weighted by Gasteiger charge is 2.18. The second-order valence-electron chi connectivity index (χ2n) is 5.41. The van der Waals surface area contributed by atoms with Crippen molar-refractivity contribution in [2.45, 2.75) is 37.1 Å². The molecule has 120 valence electrons. The van der Waals surface area contributed by atoms with Gasteiger partial charge in [-0.15, -0.1) is 0 Å². The van der Waals surface area contributed by atoms with Gasteiger partial charge >= 0.3 is 0 Å². The molecule has 1 aromatic carbocycles. The van der Waals surface area contributed by atoms with E-state index in [1.807, 2.05) is 31.4 Å². The highest BCUT2D eigenvalue weighted by Crippen LogP contribution is 2.34. The minimum Gasteiger partial charge on any atom is -0.338 e. The zero-order valence-electron chi connectivity index (χ0n) is 13.6. The molecule has 2 aromatic heterocycles. The van der Waals surface area contributed by atoms with Crippen LogP contribution in [0.1, 0.15) is 37.2 Å². The third kappa shape index (κ3) is 3.47. The summed E-state index contributed by atoms with van der Waals surface area (Å²) in [5.41, 5.74) is 2.25. The summed E-state index contributed by atoms with van der Waals surface area (Å²) in [5, 5.41) is 5.02. The van der Waals surface area contributed by atoms with Gasteiger partial charge in [0.2, 0.25) is 5.89 Å². The first-order valence-electron chi connectivity index (χ1n) is 7.75. The van der Waals surface area contributed by atoms with Gasteiger partial charge in [0.25, 0.3) is 0 Å². The van der Waals surface area contributed by atoms with Gasteiger partial charge in [-0.2, -0.15) is 4.98 Å². The molecule has 5 nitrogen and oxygen atoms in total. The van der Waals surface area contributed by atoms with E-state index in [0.29, 0.717) is 5.89 Å². The molecule has 3 aromatic rings. The molecule has 0 saturated heterocycles. The van der Waals surface area contributed by atoms with Crippen LogP contribution in [0.5, 0.6) is 0 Å². The summed E-state index contributed by atoms with van der Waals surface area (Å²) in [4.78, 5) is 8.99. The average Bonchev–Trinajstić information content (AvgIpc) is 3.17. The molecule has 0 unspecified atom stereocenters. The second-order valence-corrected chi connectivity index (χ2v) is 6.72. The highest BCUT2D eigenvalue weighted by molar-refractivity contribution is 7.99. The van der Waals surface area contributed by atoms with Crippen molar-refractivity contribution < 1.29 is 4.52 Å². The summed E-state index contributed by atoms with van der Waals surface area (Å²) < 4.78 is 7.46. The Morgan fingerprint density at radius 2 is 2.04 bits per heavy atom. The molecule has 0 N–H and O–H groups in total. The van der Waals surface area contributed by atoms with Crippen LogP contribution in [0.25, 0.3) is 11.3 Å². The van der Waals surface area contributed by atoms with Gasteiger partial charge in [-0.05, 0) is 18.9 Å². The minimum absolute atomic E-state index is 0.0674. The number of rotatable bonds is 6. The van der Waals surface area contributed by atoms with Crippen molar-refractivity contribution >= 4 is 11.8 Å². The number of aryl methyl sites for hydroxylation is 1. The number of hydrogen-bond donors (Lipinski definition) is 0. The monoisotopic (exact) mass is 328 g/mol. The molecule has 1 atom stereocenters. The third-order valence-electron chi connectivity index (χ3n) is 3.60. The summed E-state index contributed by atoms with van der Waals surface area (Å²) in [7, 11) is 2.03. The molecular formula is C17H20N4OS. The Kier molecular flexibility index (Phi) is 4.81. The van der Waals surface area contributed by atoms with E-state index in [-0.39, 0.29) is 5.25 Å². The average molecular weight is 328 g/mol. The lowest BCUT2D eigenvalue weighted by Crippen LogP contribution is -1.97. The van der Waals surface area contributed by atoms with Gasteiger partial charge < -0.3 is 9.09 Å². The number of nitrogens with zero attached hydrogens (tertiary/aromatic N) is 4. The highest BCUT2D eigenvalue weighted by atomic mass is 32.2. The molecule has 0 bridgehead atoms. The molecule has 0 aliphatic carbocycles. The molecule has 0 fully saturated rings. The van der Waals surface area contributed by atoms with Crippen LogP contribution in [0, 0.1) is 0 Å². The quantitative estimate of drug-likeness (QED) is 0.632.